The Bertz CT molecular complexity index is 407. The van der Waals surface area contributed by atoms with Crippen LogP contribution < -0.4 is 4.65 Å². The smallest absolute Gasteiger partial charge is 0.269 e. The minimum Gasteiger partial charge on any atom is -0.369 e. The van der Waals surface area contributed by atoms with Crippen LogP contribution in [0.25, 0.3) is 0 Å². The monoisotopic (exact) mass is 253 g/mol. The van der Waals surface area contributed by atoms with Crippen LogP contribution in [0, 0.1) is 10.1 Å². The van der Waals surface area contributed by atoms with Gasteiger partial charge in [0.25, 0.3) is 5.69 Å². The molecule has 0 bridgehead atoms. The van der Waals surface area contributed by atoms with E-state index in [4.69, 9.17) is 9.57 Å². The summed E-state index contributed by atoms with van der Waals surface area (Å²) in [5.74, 6) is 0. The zero-order valence-corrected chi connectivity index (χ0v) is 10.4. The third kappa shape index (κ3) is 2.50. The number of hydrogen-bond donors (Lipinski definition) is 0. The molecule has 6 heteroatoms. The summed E-state index contributed by atoms with van der Waals surface area (Å²) >= 11 is 0. The van der Waals surface area contributed by atoms with E-state index in [0.29, 0.717) is 24.5 Å². The zero-order chi connectivity index (χ0) is 13.0. The van der Waals surface area contributed by atoms with E-state index in [1.807, 2.05) is 6.92 Å². The summed E-state index contributed by atoms with van der Waals surface area (Å²) in [5.41, 5.74) is 1.03. The van der Waals surface area contributed by atoms with E-state index in [1.54, 1.807) is 12.1 Å². The van der Waals surface area contributed by atoms with Gasteiger partial charge in [0.15, 0.2) is 5.69 Å². The van der Waals surface area contributed by atoms with Crippen molar-refractivity contribution in [3.8, 4) is 0 Å². The number of rotatable bonds is 4. The fraction of sp³-hybridized carbons (Fsp3) is 0.500. The number of benzene rings is 1. The lowest BCUT2D eigenvalue weighted by atomic mass is 10.2. The summed E-state index contributed by atoms with van der Waals surface area (Å²) in [7, 11) is 0. The van der Waals surface area contributed by atoms with Gasteiger partial charge in [-0.25, -0.2) is 0 Å². The molecule has 98 valence electrons. The SMILES string of the molecule is CCO[N+]1(c2ccc([N+](=O)[O-])cc2)CCOCC1. The van der Waals surface area contributed by atoms with Gasteiger partial charge in [0.2, 0.25) is 0 Å². The van der Waals surface area contributed by atoms with Gasteiger partial charge in [-0.2, -0.15) is 4.84 Å². The standard InChI is InChI=1S/C12H17N2O4/c1-2-18-14(7-9-17-10-8-14)12-5-3-11(4-6-12)13(15)16/h3-6H,2,7-10H2,1H3/q+1. The molecule has 1 saturated heterocycles. The molecular weight excluding hydrogens is 236 g/mol. The molecule has 0 unspecified atom stereocenters. The van der Waals surface area contributed by atoms with Gasteiger partial charge in [-0.1, -0.05) is 0 Å². The lowest BCUT2D eigenvalue weighted by Gasteiger charge is -2.37. The Labute approximate surface area is 105 Å². The van der Waals surface area contributed by atoms with Gasteiger partial charge < -0.3 is 4.74 Å². The van der Waals surface area contributed by atoms with E-state index in [2.05, 4.69) is 0 Å². The lowest BCUT2D eigenvalue weighted by Crippen LogP contribution is -2.56. The second-order valence-electron chi connectivity index (χ2n) is 4.14. The van der Waals surface area contributed by atoms with Crippen molar-refractivity contribution in [3.05, 3.63) is 34.4 Å². The first kappa shape index (κ1) is 12.9. The Morgan fingerprint density at radius 2 is 1.94 bits per heavy atom. The molecular formula is C12H17N2O4+. The van der Waals surface area contributed by atoms with Crippen LogP contribution in [0.15, 0.2) is 24.3 Å². The van der Waals surface area contributed by atoms with Gasteiger partial charge >= 0.3 is 0 Å². The van der Waals surface area contributed by atoms with Crippen molar-refractivity contribution in [1.29, 1.82) is 0 Å². The predicted octanol–water partition coefficient (Wildman–Crippen LogP) is 1.88. The van der Waals surface area contributed by atoms with Crippen molar-refractivity contribution >= 4 is 11.4 Å². The molecule has 0 radical (unpaired) electrons. The molecule has 1 aromatic rings. The highest BCUT2D eigenvalue weighted by Crippen LogP contribution is 2.27. The zero-order valence-electron chi connectivity index (χ0n) is 10.4. The van der Waals surface area contributed by atoms with Crippen LogP contribution in [-0.4, -0.2) is 37.8 Å². The average Bonchev–Trinajstić information content (AvgIpc) is 2.40. The number of hydrogen-bond acceptors (Lipinski definition) is 4. The summed E-state index contributed by atoms with van der Waals surface area (Å²) in [6.45, 7) is 5.27. The number of nitro groups is 1. The highest BCUT2D eigenvalue weighted by atomic mass is 16.7. The summed E-state index contributed by atoms with van der Waals surface area (Å²) in [6.07, 6.45) is 0. The van der Waals surface area contributed by atoms with Crippen molar-refractivity contribution in [2.24, 2.45) is 0 Å². The molecule has 1 aliphatic rings. The van der Waals surface area contributed by atoms with Gasteiger partial charge in [0.1, 0.15) is 19.7 Å². The highest BCUT2D eigenvalue weighted by molar-refractivity contribution is 5.47. The number of nitro benzene ring substituents is 1. The second kappa shape index (κ2) is 5.43. The molecule has 0 spiro atoms. The topological polar surface area (TPSA) is 61.6 Å². The van der Waals surface area contributed by atoms with Gasteiger partial charge in [0, 0.05) is 24.3 Å². The van der Waals surface area contributed by atoms with E-state index in [9.17, 15) is 10.1 Å². The fourth-order valence-corrected chi connectivity index (χ4v) is 2.19. The van der Waals surface area contributed by atoms with E-state index >= 15 is 0 Å². The van der Waals surface area contributed by atoms with Gasteiger partial charge in [-0.15, -0.1) is 4.65 Å². The minimum absolute atomic E-state index is 0.0988. The molecule has 1 fully saturated rings. The Kier molecular flexibility index (Phi) is 3.90. The fourth-order valence-electron chi connectivity index (χ4n) is 2.19. The molecule has 2 rings (SSSR count). The van der Waals surface area contributed by atoms with Crippen molar-refractivity contribution in [2.75, 3.05) is 32.9 Å². The number of hydroxylamine groups is 2. The Morgan fingerprint density at radius 3 is 2.44 bits per heavy atom. The number of morpholine rings is 1. The number of nitrogens with zero attached hydrogens (tertiary/aromatic N) is 2. The molecule has 1 aromatic carbocycles. The number of ether oxygens (including phenoxy) is 1. The van der Waals surface area contributed by atoms with E-state index in [-0.39, 0.29) is 5.69 Å². The molecule has 0 N–H and O–H groups in total. The van der Waals surface area contributed by atoms with Crippen LogP contribution in [0.2, 0.25) is 0 Å². The van der Waals surface area contributed by atoms with Gasteiger partial charge in [0.05, 0.1) is 18.1 Å². The van der Waals surface area contributed by atoms with Crippen LogP contribution in [0.4, 0.5) is 11.4 Å². The maximum atomic E-state index is 10.6. The quantitative estimate of drug-likeness (QED) is 0.467. The maximum absolute atomic E-state index is 10.6. The largest absolute Gasteiger partial charge is 0.369 e. The highest BCUT2D eigenvalue weighted by Gasteiger charge is 2.35. The normalized spacial score (nSPS) is 18.5. The van der Waals surface area contributed by atoms with Gasteiger partial charge in [-0.3, -0.25) is 10.1 Å². The summed E-state index contributed by atoms with van der Waals surface area (Å²) in [5, 5.41) is 10.6. The minimum atomic E-state index is -0.395. The molecule has 1 aliphatic heterocycles. The van der Waals surface area contributed by atoms with Crippen molar-refractivity contribution in [3.63, 3.8) is 0 Å². The molecule has 18 heavy (non-hydrogen) atoms. The van der Waals surface area contributed by atoms with Gasteiger partial charge in [-0.05, 0) is 6.92 Å². The van der Waals surface area contributed by atoms with Crippen LogP contribution in [0.3, 0.4) is 0 Å². The van der Waals surface area contributed by atoms with Crippen LogP contribution in [-0.2, 0) is 9.57 Å². The average molecular weight is 253 g/mol. The molecule has 0 aromatic heterocycles. The Morgan fingerprint density at radius 1 is 1.33 bits per heavy atom. The third-order valence-corrected chi connectivity index (χ3v) is 3.10. The number of non-ortho nitro benzene ring substituents is 1. The van der Waals surface area contributed by atoms with Crippen molar-refractivity contribution in [2.45, 2.75) is 6.92 Å². The summed E-state index contributed by atoms with van der Waals surface area (Å²) in [6, 6.07) is 6.56. The Hall–Kier alpha value is -1.50. The second-order valence-corrected chi connectivity index (χ2v) is 4.14. The first-order valence-corrected chi connectivity index (χ1v) is 6.02. The van der Waals surface area contributed by atoms with E-state index < -0.39 is 4.92 Å². The first-order valence-electron chi connectivity index (χ1n) is 6.02. The first-order chi connectivity index (χ1) is 8.68. The number of quaternary nitrogens is 1. The molecule has 0 amide bonds. The van der Waals surface area contributed by atoms with E-state index in [0.717, 1.165) is 18.8 Å². The molecule has 0 saturated carbocycles. The molecule has 0 atom stereocenters. The molecule has 0 aliphatic carbocycles. The predicted molar refractivity (Wildman–Crippen MR) is 67.1 cm³/mol. The van der Waals surface area contributed by atoms with Crippen molar-refractivity contribution in [1.82, 2.24) is 4.65 Å². The summed E-state index contributed by atoms with van der Waals surface area (Å²) < 4.78 is 5.73. The molecule has 1 heterocycles. The lowest BCUT2D eigenvalue weighted by molar-refractivity contribution is -0.384. The molecule has 6 nitrogen and oxygen atoms in total. The summed E-state index contributed by atoms with van der Waals surface area (Å²) in [4.78, 5) is 16.1. The van der Waals surface area contributed by atoms with Crippen LogP contribution in [0.1, 0.15) is 6.92 Å². The maximum Gasteiger partial charge on any atom is 0.269 e. The van der Waals surface area contributed by atoms with Crippen LogP contribution in [0.5, 0.6) is 0 Å². The van der Waals surface area contributed by atoms with Crippen LogP contribution >= 0.6 is 0 Å². The Balaban J connectivity index is 2.27. The van der Waals surface area contributed by atoms with Crippen molar-refractivity contribution < 1.29 is 14.5 Å². The third-order valence-electron chi connectivity index (χ3n) is 3.10. The van der Waals surface area contributed by atoms with E-state index in [1.165, 1.54) is 12.1 Å².